The van der Waals surface area contributed by atoms with Crippen molar-refractivity contribution in [2.75, 3.05) is 32.7 Å². The molecule has 1 saturated carbocycles. The number of aliphatic hydroxyl groups is 1. The zero-order valence-corrected chi connectivity index (χ0v) is 14.2. The third kappa shape index (κ3) is 5.22. The molecule has 2 fully saturated rings. The molecule has 1 saturated heterocycles. The highest BCUT2D eigenvalue weighted by Crippen LogP contribution is 2.36. The molecule has 2 atom stereocenters. The molecule has 0 aromatic carbocycles. The molecule has 0 radical (unpaired) electrons. The van der Waals surface area contributed by atoms with Gasteiger partial charge in [0.25, 0.3) is 0 Å². The number of nitrogens with one attached hydrogen (secondary N) is 1. The zero-order valence-electron chi connectivity index (χ0n) is 14.2. The lowest BCUT2D eigenvalue weighted by Gasteiger charge is -2.37. The zero-order chi connectivity index (χ0) is 15.1. The summed E-state index contributed by atoms with van der Waals surface area (Å²) in [5.74, 6) is 0.497. The minimum absolute atomic E-state index is 0.140. The first kappa shape index (κ1) is 17.2. The Bertz CT molecular complexity index is 285. The van der Waals surface area contributed by atoms with E-state index >= 15 is 0 Å². The highest BCUT2D eigenvalue weighted by Gasteiger charge is 2.35. The van der Waals surface area contributed by atoms with Crippen molar-refractivity contribution in [1.82, 2.24) is 10.2 Å². The number of rotatable bonds is 7. The summed E-state index contributed by atoms with van der Waals surface area (Å²) in [4.78, 5) is 2.64. The second-order valence-corrected chi connectivity index (χ2v) is 7.62. The van der Waals surface area contributed by atoms with Crippen molar-refractivity contribution < 1.29 is 5.11 Å². The third-order valence-corrected chi connectivity index (χ3v) is 5.64. The topological polar surface area (TPSA) is 35.5 Å². The Labute approximate surface area is 131 Å². The summed E-state index contributed by atoms with van der Waals surface area (Å²) in [6.07, 6.45) is 10.7. The van der Waals surface area contributed by atoms with Crippen LogP contribution in [0.4, 0.5) is 0 Å². The van der Waals surface area contributed by atoms with Crippen molar-refractivity contribution in [3.05, 3.63) is 0 Å². The van der Waals surface area contributed by atoms with Gasteiger partial charge in [0.15, 0.2) is 0 Å². The van der Waals surface area contributed by atoms with E-state index in [2.05, 4.69) is 17.1 Å². The molecule has 3 heteroatoms. The quantitative estimate of drug-likeness (QED) is 0.560. The van der Waals surface area contributed by atoms with Crippen LogP contribution in [0.1, 0.15) is 65.2 Å². The summed E-state index contributed by atoms with van der Waals surface area (Å²) >= 11 is 0. The first-order valence-electron chi connectivity index (χ1n) is 9.26. The molecule has 0 bridgehead atoms. The number of nitrogens with zero attached hydrogens (tertiary/aromatic N) is 1. The molecule has 3 nitrogen and oxygen atoms in total. The standard InChI is InChI=1S/C18H36N2O/c1-3-11-19-14-18(9-6-4-5-7-10-18)15-20-12-8-17(13-20)16(2)21/h16-17,19,21H,3-15H2,1-2H3. The largest absolute Gasteiger partial charge is 0.393 e. The molecule has 1 aliphatic carbocycles. The third-order valence-electron chi connectivity index (χ3n) is 5.64. The first-order chi connectivity index (χ1) is 10.2. The van der Waals surface area contributed by atoms with Gasteiger partial charge in [0, 0.05) is 19.6 Å². The maximum absolute atomic E-state index is 9.82. The SMILES string of the molecule is CCCNCC1(CN2CCC(C(C)O)C2)CCCCCC1. The summed E-state index contributed by atoms with van der Waals surface area (Å²) in [7, 11) is 0. The van der Waals surface area contributed by atoms with Gasteiger partial charge in [-0.1, -0.05) is 32.6 Å². The Morgan fingerprint density at radius 1 is 1.24 bits per heavy atom. The number of hydrogen-bond donors (Lipinski definition) is 2. The second-order valence-electron chi connectivity index (χ2n) is 7.62. The van der Waals surface area contributed by atoms with Gasteiger partial charge in [-0.3, -0.25) is 0 Å². The number of hydrogen-bond acceptors (Lipinski definition) is 3. The van der Waals surface area contributed by atoms with Crippen molar-refractivity contribution in [2.24, 2.45) is 11.3 Å². The molecule has 2 unspecified atom stereocenters. The monoisotopic (exact) mass is 296 g/mol. The lowest BCUT2D eigenvalue weighted by molar-refractivity contribution is 0.110. The van der Waals surface area contributed by atoms with E-state index in [-0.39, 0.29) is 6.10 Å². The number of aliphatic hydroxyl groups excluding tert-OH is 1. The van der Waals surface area contributed by atoms with E-state index < -0.39 is 0 Å². The van der Waals surface area contributed by atoms with Crippen LogP contribution in [-0.2, 0) is 0 Å². The van der Waals surface area contributed by atoms with Crippen LogP contribution in [0, 0.1) is 11.3 Å². The molecule has 2 aliphatic rings. The average molecular weight is 296 g/mol. The Morgan fingerprint density at radius 2 is 1.95 bits per heavy atom. The Balaban J connectivity index is 1.91. The predicted molar refractivity (Wildman–Crippen MR) is 89.5 cm³/mol. The maximum Gasteiger partial charge on any atom is 0.0552 e. The van der Waals surface area contributed by atoms with E-state index in [9.17, 15) is 5.11 Å². The van der Waals surface area contributed by atoms with E-state index in [1.54, 1.807) is 0 Å². The van der Waals surface area contributed by atoms with Crippen molar-refractivity contribution in [1.29, 1.82) is 0 Å². The summed E-state index contributed by atoms with van der Waals surface area (Å²) < 4.78 is 0. The summed E-state index contributed by atoms with van der Waals surface area (Å²) in [6.45, 7) is 10.1. The highest BCUT2D eigenvalue weighted by atomic mass is 16.3. The summed E-state index contributed by atoms with van der Waals surface area (Å²) in [6, 6.07) is 0. The van der Waals surface area contributed by atoms with Gasteiger partial charge >= 0.3 is 0 Å². The minimum Gasteiger partial charge on any atom is -0.393 e. The van der Waals surface area contributed by atoms with Gasteiger partial charge in [-0.05, 0) is 57.0 Å². The van der Waals surface area contributed by atoms with Gasteiger partial charge in [-0.15, -0.1) is 0 Å². The molecule has 2 rings (SSSR count). The van der Waals surface area contributed by atoms with Crippen LogP contribution in [0.25, 0.3) is 0 Å². The second kappa shape index (κ2) is 8.50. The van der Waals surface area contributed by atoms with Crippen LogP contribution in [0.2, 0.25) is 0 Å². The van der Waals surface area contributed by atoms with Gasteiger partial charge in [0.05, 0.1) is 6.10 Å². The van der Waals surface area contributed by atoms with E-state index in [0.29, 0.717) is 11.3 Å². The van der Waals surface area contributed by atoms with Crippen LogP contribution in [0.5, 0.6) is 0 Å². The Kier molecular flexibility index (Phi) is 6.97. The van der Waals surface area contributed by atoms with Crippen LogP contribution in [-0.4, -0.2) is 48.8 Å². The van der Waals surface area contributed by atoms with Crippen molar-refractivity contribution >= 4 is 0 Å². The highest BCUT2D eigenvalue weighted by molar-refractivity contribution is 4.90. The maximum atomic E-state index is 9.82. The van der Waals surface area contributed by atoms with Crippen molar-refractivity contribution in [3.8, 4) is 0 Å². The Morgan fingerprint density at radius 3 is 2.52 bits per heavy atom. The van der Waals surface area contributed by atoms with Crippen LogP contribution in [0.15, 0.2) is 0 Å². The van der Waals surface area contributed by atoms with Crippen molar-refractivity contribution in [2.45, 2.75) is 71.3 Å². The van der Waals surface area contributed by atoms with Gasteiger partial charge < -0.3 is 15.3 Å². The fourth-order valence-electron chi connectivity index (χ4n) is 4.27. The summed E-state index contributed by atoms with van der Waals surface area (Å²) in [5, 5.41) is 13.5. The normalized spacial score (nSPS) is 28.4. The van der Waals surface area contributed by atoms with Gasteiger partial charge in [-0.2, -0.15) is 0 Å². The van der Waals surface area contributed by atoms with Crippen molar-refractivity contribution in [3.63, 3.8) is 0 Å². The molecule has 0 spiro atoms. The summed E-state index contributed by atoms with van der Waals surface area (Å²) in [5.41, 5.74) is 0.485. The first-order valence-corrected chi connectivity index (χ1v) is 9.26. The lowest BCUT2D eigenvalue weighted by Crippen LogP contribution is -2.44. The molecule has 1 heterocycles. The fraction of sp³-hybridized carbons (Fsp3) is 1.00. The van der Waals surface area contributed by atoms with Crippen LogP contribution in [0.3, 0.4) is 0 Å². The van der Waals surface area contributed by atoms with E-state index in [1.165, 1.54) is 71.0 Å². The molecule has 0 aromatic rings. The van der Waals surface area contributed by atoms with Gasteiger partial charge in [0.1, 0.15) is 0 Å². The molecule has 21 heavy (non-hydrogen) atoms. The number of likely N-dealkylation sites (tertiary alicyclic amines) is 1. The van der Waals surface area contributed by atoms with Crippen LogP contribution >= 0.6 is 0 Å². The Hall–Kier alpha value is -0.120. The van der Waals surface area contributed by atoms with E-state index in [1.807, 2.05) is 6.92 Å². The molecular weight excluding hydrogens is 260 g/mol. The van der Waals surface area contributed by atoms with Gasteiger partial charge in [0.2, 0.25) is 0 Å². The molecule has 2 N–H and O–H groups in total. The molecule has 0 amide bonds. The van der Waals surface area contributed by atoms with E-state index in [4.69, 9.17) is 0 Å². The molecule has 1 aliphatic heterocycles. The molecular formula is C18H36N2O. The molecule has 124 valence electrons. The lowest BCUT2D eigenvalue weighted by atomic mass is 9.79. The van der Waals surface area contributed by atoms with Gasteiger partial charge in [-0.25, -0.2) is 0 Å². The smallest absolute Gasteiger partial charge is 0.0552 e. The van der Waals surface area contributed by atoms with E-state index in [0.717, 1.165) is 13.1 Å². The minimum atomic E-state index is -0.140. The fourth-order valence-corrected chi connectivity index (χ4v) is 4.27. The van der Waals surface area contributed by atoms with Crippen LogP contribution < -0.4 is 5.32 Å². The molecule has 0 aromatic heterocycles. The predicted octanol–water partition coefficient (Wildman–Crippen LogP) is 3.03. The average Bonchev–Trinajstić information content (AvgIpc) is 2.79.